The predicted molar refractivity (Wildman–Crippen MR) is 93.2 cm³/mol. The summed E-state index contributed by atoms with van der Waals surface area (Å²) in [5.74, 6) is -0.138. The van der Waals surface area contributed by atoms with Gasteiger partial charge in [-0.1, -0.05) is 12.1 Å². The van der Waals surface area contributed by atoms with Gasteiger partial charge in [-0.3, -0.25) is 4.79 Å². The van der Waals surface area contributed by atoms with E-state index in [2.05, 4.69) is 5.32 Å². The van der Waals surface area contributed by atoms with Crippen LogP contribution in [0.2, 0.25) is 0 Å². The van der Waals surface area contributed by atoms with Gasteiger partial charge in [0, 0.05) is 44.0 Å². The molecule has 2 heterocycles. The van der Waals surface area contributed by atoms with Crippen molar-refractivity contribution in [3.8, 4) is 0 Å². The summed E-state index contributed by atoms with van der Waals surface area (Å²) in [6.45, 7) is 3.47. The van der Waals surface area contributed by atoms with Crippen LogP contribution in [0.5, 0.6) is 0 Å². The van der Waals surface area contributed by atoms with Gasteiger partial charge in [-0.05, 0) is 42.3 Å². The van der Waals surface area contributed by atoms with Crippen LogP contribution in [-0.2, 0) is 6.42 Å². The molecular weight excluding hydrogens is 305 g/mol. The van der Waals surface area contributed by atoms with E-state index in [1.165, 1.54) is 11.6 Å². The Kier molecular flexibility index (Phi) is 3.84. The summed E-state index contributed by atoms with van der Waals surface area (Å²) in [4.78, 5) is 16.6. The molecule has 0 radical (unpaired) electrons. The molecule has 0 atom stereocenters. The van der Waals surface area contributed by atoms with Crippen LogP contribution < -0.4 is 10.2 Å². The first-order valence-electron chi connectivity index (χ1n) is 8.38. The third-order valence-electron chi connectivity index (χ3n) is 4.82. The summed E-state index contributed by atoms with van der Waals surface area (Å²) in [5.41, 5.74) is 3.71. The van der Waals surface area contributed by atoms with E-state index in [0.717, 1.165) is 24.2 Å². The van der Waals surface area contributed by atoms with Gasteiger partial charge in [-0.2, -0.15) is 0 Å². The SMILES string of the molecule is O=C(c1ccc2c(c1)CCN2)N1CCN(c2ccccc2F)CC1. The standard InChI is InChI=1S/C19H20FN3O/c20-16-3-1-2-4-18(16)22-9-11-23(12-10-22)19(24)15-5-6-17-14(13-15)7-8-21-17/h1-6,13,21H,7-12H2. The highest BCUT2D eigenvalue weighted by Gasteiger charge is 2.24. The number of nitrogens with one attached hydrogen (secondary N) is 1. The van der Waals surface area contributed by atoms with E-state index in [1.54, 1.807) is 12.1 Å². The maximum Gasteiger partial charge on any atom is 0.253 e. The lowest BCUT2D eigenvalue weighted by molar-refractivity contribution is 0.0746. The molecule has 0 unspecified atom stereocenters. The second kappa shape index (κ2) is 6.15. The molecule has 0 saturated carbocycles. The van der Waals surface area contributed by atoms with Gasteiger partial charge in [0.05, 0.1) is 5.69 Å². The minimum absolute atomic E-state index is 0.0675. The number of benzene rings is 2. The first-order valence-corrected chi connectivity index (χ1v) is 8.38. The Morgan fingerprint density at radius 2 is 1.83 bits per heavy atom. The zero-order valence-corrected chi connectivity index (χ0v) is 13.5. The molecule has 0 aromatic heterocycles. The second-order valence-corrected chi connectivity index (χ2v) is 6.28. The first-order chi connectivity index (χ1) is 11.7. The Bertz CT molecular complexity index is 769. The molecule has 1 fully saturated rings. The van der Waals surface area contributed by atoms with Gasteiger partial charge < -0.3 is 15.1 Å². The van der Waals surface area contributed by atoms with E-state index < -0.39 is 0 Å². The lowest BCUT2D eigenvalue weighted by Gasteiger charge is -2.36. The zero-order chi connectivity index (χ0) is 16.5. The van der Waals surface area contributed by atoms with E-state index in [1.807, 2.05) is 34.1 Å². The molecular formula is C19H20FN3O. The fourth-order valence-corrected chi connectivity index (χ4v) is 3.48. The van der Waals surface area contributed by atoms with Crippen molar-refractivity contribution in [2.45, 2.75) is 6.42 Å². The predicted octanol–water partition coefficient (Wildman–Crippen LogP) is 2.76. The van der Waals surface area contributed by atoms with E-state index >= 15 is 0 Å². The van der Waals surface area contributed by atoms with Crippen molar-refractivity contribution in [1.82, 2.24) is 4.90 Å². The zero-order valence-electron chi connectivity index (χ0n) is 13.5. The lowest BCUT2D eigenvalue weighted by atomic mass is 10.1. The van der Waals surface area contributed by atoms with Crippen molar-refractivity contribution in [3.05, 3.63) is 59.4 Å². The van der Waals surface area contributed by atoms with Crippen LogP contribution in [0.3, 0.4) is 0 Å². The van der Waals surface area contributed by atoms with E-state index in [-0.39, 0.29) is 11.7 Å². The van der Waals surface area contributed by atoms with Gasteiger partial charge in [0.1, 0.15) is 5.82 Å². The smallest absolute Gasteiger partial charge is 0.253 e. The normalized spacial score (nSPS) is 16.7. The summed E-state index contributed by atoms with van der Waals surface area (Å²) < 4.78 is 13.9. The van der Waals surface area contributed by atoms with Crippen molar-refractivity contribution < 1.29 is 9.18 Å². The average Bonchev–Trinajstić information content (AvgIpc) is 3.09. The highest BCUT2D eigenvalue weighted by atomic mass is 19.1. The molecule has 2 aliphatic rings. The number of carbonyl (C=O) groups excluding carboxylic acids is 1. The topological polar surface area (TPSA) is 35.6 Å². The van der Waals surface area contributed by atoms with Gasteiger partial charge in [0.15, 0.2) is 0 Å². The lowest BCUT2D eigenvalue weighted by Crippen LogP contribution is -2.49. The number of hydrogen-bond donors (Lipinski definition) is 1. The molecule has 4 nitrogen and oxygen atoms in total. The largest absolute Gasteiger partial charge is 0.384 e. The number of anilines is 2. The molecule has 1 amide bonds. The summed E-state index contributed by atoms with van der Waals surface area (Å²) >= 11 is 0. The number of halogens is 1. The van der Waals surface area contributed by atoms with Crippen LogP contribution in [-0.4, -0.2) is 43.5 Å². The fraction of sp³-hybridized carbons (Fsp3) is 0.316. The van der Waals surface area contributed by atoms with E-state index in [0.29, 0.717) is 31.9 Å². The maximum atomic E-state index is 13.9. The third-order valence-corrected chi connectivity index (χ3v) is 4.82. The number of fused-ring (bicyclic) bond motifs is 1. The van der Waals surface area contributed by atoms with Crippen LogP contribution in [0.1, 0.15) is 15.9 Å². The average molecular weight is 325 g/mol. The minimum Gasteiger partial charge on any atom is -0.384 e. The molecule has 0 spiro atoms. The first kappa shape index (κ1) is 15.0. The number of para-hydroxylation sites is 1. The molecule has 2 aliphatic heterocycles. The number of rotatable bonds is 2. The Labute approximate surface area is 140 Å². The summed E-state index contributed by atoms with van der Waals surface area (Å²) in [5, 5.41) is 3.31. The van der Waals surface area contributed by atoms with Crippen molar-refractivity contribution in [2.75, 3.05) is 42.9 Å². The van der Waals surface area contributed by atoms with Crippen molar-refractivity contribution in [3.63, 3.8) is 0 Å². The summed E-state index contributed by atoms with van der Waals surface area (Å²) in [6, 6.07) is 12.7. The number of amides is 1. The van der Waals surface area contributed by atoms with Gasteiger partial charge in [0.25, 0.3) is 5.91 Å². The number of nitrogens with zero attached hydrogens (tertiary/aromatic N) is 2. The van der Waals surface area contributed by atoms with E-state index in [9.17, 15) is 9.18 Å². The summed E-state index contributed by atoms with van der Waals surface area (Å²) in [6.07, 6.45) is 0.970. The van der Waals surface area contributed by atoms with Crippen LogP contribution in [0, 0.1) is 5.82 Å². The molecule has 4 rings (SSSR count). The molecule has 1 N–H and O–H groups in total. The highest BCUT2D eigenvalue weighted by molar-refractivity contribution is 5.95. The Morgan fingerprint density at radius 1 is 1.04 bits per heavy atom. The van der Waals surface area contributed by atoms with Crippen LogP contribution in [0.15, 0.2) is 42.5 Å². The van der Waals surface area contributed by atoms with Crippen molar-refractivity contribution in [1.29, 1.82) is 0 Å². The molecule has 0 bridgehead atoms. The molecule has 1 saturated heterocycles. The van der Waals surface area contributed by atoms with Gasteiger partial charge in [-0.25, -0.2) is 4.39 Å². The Balaban J connectivity index is 1.44. The maximum absolute atomic E-state index is 13.9. The number of hydrogen-bond acceptors (Lipinski definition) is 3. The van der Waals surface area contributed by atoms with Crippen molar-refractivity contribution >= 4 is 17.3 Å². The van der Waals surface area contributed by atoms with Crippen LogP contribution in [0.4, 0.5) is 15.8 Å². The fourth-order valence-electron chi connectivity index (χ4n) is 3.48. The van der Waals surface area contributed by atoms with Crippen LogP contribution >= 0.6 is 0 Å². The van der Waals surface area contributed by atoms with Gasteiger partial charge >= 0.3 is 0 Å². The van der Waals surface area contributed by atoms with Gasteiger partial charge in [0.2, 0.25) is 0 Å². The molecule has 0 aliphatic carbocycles. The molecule has 5 heteroatoms. The molecule has 2 aromatic carbocycles. The van der Waals surface area contributed by atoms with Crippen LogP contribution in [0.25, 0.3) is 0 Å². The number of carbonyl (C=O) groups is 1. The Hall–Kier alpha value is -2.56. The van der Waals surface area contributed by atoms with Gasteiger partial charge in [-0.15, -0.1) is 0 Å². The summed E-state index contributed by atoms with van der Waals surface area (Å²) in [7, 11) is 0. The minimum atomic E-state index is -0.205. The molecule has 24 heavy (non-hydrogen) atoms. The molecule has 124 valence electrons. The quantitative estimate of drug-likeness (QED) is 0.922. The molecule has 2 aromatic rings. The monoisotopic (exact) mass is 325 g/mol. The van der Waals surface area contributed by atoms with Crippen molar-refractivity contribution in [2.24, 2.45) is 0 Å². The number of piperazine rings is 1. The Morgan fingerprint density at radius 3 is 2.62 bits per heavy atom. The third kappa shape index (κ3) is 2.70. The highest BCUT2D eigenvalue weighted by Crippen LogP contribution is 2.25. The van der Waals surface area contributed by atoms with E-state index in [4.69, 9.17) is 0 Å². The second-order valence-electron chi connectivity index (χ2n) is 6.28.